The summed E-state index contributed by atoms with van der Waals surface area (Å²) in [5.41, 5.74) is 2.57. The van der Waals surface area contributed by atoms with Crippen LogP contribution in [-0.4, -0.2) is 14.8 Å². The summed E-state index contributed by atoms with van der Waals surface area (Å²) in [4.78, 5) is 0. The third-order valence-corrected chi connectivity index (χ3v) is 2.52. The zero-order valence-electron chi connectivity index (χ0n) is 9.14. The van der Waals surface area contributed by atoms with Crippen molar-refractivity contribution in [2.45, 2.75) is 26.8 Å². The number of hydrogen-bond donors (Lipinski definition) is 0. The molecule has 2 rings (SSSR count). The van der Waals surface area contributed by atoms with Crippen LogP contribution in [0, 0.1) is 6.92 Å². The van der Waals surface area contributed by atoms with Gasteiger partial charge in [0.25, 0.3) is 0 Å². The molecule has 15 heavy (non-hydrogen) atoms. The predicted molar refractivity (Wildman–Crippen MR) is 59.7 cm³/mol. The van der Waals surface area contributed by atoms with E-state index in [0.29, 0.717) is 0 Å². The highest BCUT2D eigenvalue weighted by atomic mass is 15.3. The van der Waals surface area contributed by atoms with Crippen LogP contribution >= 0.6 is 0 Å². The summed E-state index contributed by atoms with van der Waals surface area (Å²) < 4.78 is 2.07. The third kappa shape index (κ3) is 2.24. The zero-order valence-corrected chi connectivity index (χ0v) is 9.14. The molecule has 0 unspecified atom stereocenters. The maximum Gasteiger partial charge on any atom is 0.137 e. The van der Waals surface area contributed by atoms with Crippen LogP contribution in [0.2, 0.25) is 0 Å². The highest BCUT2D eigenvalue weighted by Gasteiger charge is 2.03. The number of nitrogens with zero attached hydrogens (tertiary/aromatic N) is 3. The van der Waals surface area contributed by atoms with Gasteiger partial charge in [0.15, 0.2) is 0 Å². The van der Waals surface area contributed by atoms with Gasteiger partial charge in [0, 0.05) is 13.0 Å². The second kappa shape index (κ2) is 4.26. The van der Waals surface area contributed by atoms with Crippen LogP contribution in [0.3, 0.4) is 0 Å². The van der Waals surface area contributed by atoms with Gasteiger partial charge >= 0.3 is 0 Å². The number of aromatic nitrogens is 3. The Balaban J connectivity index is 2.18. The second-order valence-corrected chi connectivity index (χ2v) is 3.70. The molecule has 3 nitrogen and oxygen atoms in total. The lowest BCUT2D eigenvalue weighted by Gasteiger charge is -2.03. The van der Waals surface area contributed by atoms with Crippen molar-refractivity contribution >= 4 is 0 Å². The topological polar surface area (TPSA) is 30.7 Å². The van der Waals surface area contributed by atoms with E-state index < -0.39 is 0 Å². The van der Waals surface area contributed by atoms with Crippen LogP contribution in [0.15, 0.2) is 30.6 Å². The molecule has 2 aromatic rings. The predicted octanol–water partition coefficient (Wildman–Crippen LogP) is 2.20. The van der Waals surface area contributed by atoms with Gasteiger partial charge in [-0.3, -0.25) is 0 Å². The Morgan fingerprint density at radius 3 is 2.60 bits per heavy atom. The molecule has 0 bridgehead atoms. The van der Waals surface area contributed by atoms with Crippen LogP contribution in [0.4, 0.5) is 0 Å². The summed E-state index contributed by atoms with van der Waals surface area (Å²) in [6, 6.07) is 8.54. The normalized spacial score (nSPS) is 10.5. The lowest BCUT2D eigenvalue weighted by molar-refractivity contribution is 0.712. The SMILES string of the molecule is CCn1cnnc1Cc1ccc(C)cc1. The van der Waals surface area contributed by atoms with Gasteiger partial charge in [-0.15, -0.1) is 10.2 Å². The maximum absolute atomic E-state index is 4.12. The molecule has 0 spiro atoms. The molecule has 1 heterocycles. The largest absolute Gasteiger partial charge is 0.318 e. The third-order valence-electron chi connectivity index (χ3n) is 2.52. The molecular formula is C12H15N3. The van der Waals surface area contributed by atoms with E-state index in [1.807, 2.05) is 0 Å². The first-order valence-electron chi connectivity index (χ1n) is 5.22. The van der Waals surface area contributed by atoms with E-state index in [1.54, 1.807) is 6.33 Å². The first-order valence-corrected chi connectivity index (χ1v) is 5.22. The van der Waals surface area contributed by atoms with E-state index in [9.17, 15) is 0 Å². The summed E-state index contributed by atoms with van der Waals surface area (Å²) in [7, 11) is 0. The fourth-order valence-corrected chi connectivity index (χ4v) is 1.57. The second-order valence-electron chi connectivity index (χ2n) is 3.70. The minimum Gasteiger partial charge on any atom is -0.318 e. The molecule has 1 aromatic carbocycles. The molecule has 78 valence electrons. The van der Waals surface area contributed by atoms with Crippen molar-refractivity contribution < 1.29 is 0 Å². The monoisotopic (exact) mass is 201 g/mol. The highest BCUT2D eigenvalue weighted by molar-refractivity contribution is 5.23. The molecule has 0 aliphatic heterocycles. The highest BCUT2D eigenvalue weighted by Crippen LogP contribution is 2.08. The summed E-state index contributed by atoms with van der Waals surface area (Å²) >= 11 is 0. The molecule has 0 atom stereocenters. The van der Waals surface area contributed by atoms with Crippen molar-refractivity contribution in [3.8, 4) is 0 Å². The van der Waals surface area contributed by atoms with Crippen LogP contribution in [-0.2, 0) is 13.0 Å². The van der Waals surface area contributed by atoms with Crippen LogP contribution in [0.25, 0.3) is 0 Å². The molecule has 0 saturated heterocycles. The Kier molecular flexibility index (Phi) is 2.81. The lowest BCUT2D eigenvalue weighted by atomic mass is 10.1. The minimum absolute atomic E-state index is 0.855. The van der Waals surface area contributed by atoms with Gasteiger partial charge in [-0.05, 0) is 19.4 Å². The Bertz CT molecular complexity index is 428. The standard InChI is InChI=1S/C12H15N3/c1-3-15-9-13-14-12(15)8-11-6-4-10(2)5-7-11/h4-7,9H,3,8H2,1-2H3. The van der Waals surface area contributed by atoms with Gasteiger partial charge in [-0.1, -0.05) is 29.8 Å². The molecular weight excluding hydrogens is 186 g/mol. The van der Waals surface area contributed by atoms with Crippen molar-refractivity contribution in [1.82, 2.24) is 14.8 Å². The van der Waals surface area contributed by atoms with Crippen molar-refractivity contribution in [3.63, 3.8) is 0 Å². The first kappa shape index (κ1) is 9.90. The molecule has 0 amide bonds. The molecule has 0 N–H and O–H groups in total. The summed E-state index contributed by atoms with van der Waals surface area (Å²) in [5.74, 6) is 1.03. The van der Waals surface area contributed by atoms with E-state index in [2.05, 4.69) is 52.9 Å². The Labute approximate surface area is 89.8 Å². The van der Waals surface area contributed by atoms with Gasteiger partial charge < -0.3 is 4.57 Å². The Morgan fingerprint density at radius 2 is 1.93 bits per heavy atom. The summed E-state index contributed by atoms with van der Waals surface area (Å²) in [5, 5.41) is 8.04. The van der Waals surface area contributed by atoms with Crippen molar-refractivity contribution in [2.75, 3.05) is 0 Å². The van der Waals surface area contributed by atoms with Gasteiger partial charge in [0.2, 0.25) is 0 Å². The molecule has 0 saturated carbocycles. The summed E-state index contributed by atoms with van der Waals surface area (Å²) in [6.45, 7) is 5.12. The zero-order chi connectivity index (χ0) is 10.7. The molecule has 0 fully saturated rings. The quantitative estimate of drug-likeness (QED) is 0.762. The first-order chi connectivity index (χ1) is 7.29. The number of aryl methyl sites for hydroxylation is 2. The van der Waals surface area contributed by atoms with Crippen LogP contribution in [0.1, 0.15) is 23.9 Å². The fraction of sp³-hybridized carbons (Fsp3) is 0.333. The minimum atomic E-state index is 0.855. The van der Waals surface area contributed by atoms with Gasteiger partial charge in [0.1, 0.15) is 12.2 Å². The molecule has 1 aromatic heterocycles. The maximum atomic E-state index is 4.12. The Hall–Kier alpha value is -1.64. The van der Waals surface area contributed by atoms with Crippen molar-refractivity contribution in [3.05, 3.63) is 47.5 Å². The van der Waals surface area contributed by atoms with E-state index in [1.165, 1.54) is 11.1 Å². The van der Waals surface area contributed by atoms with E-state index in [0.717, 1.165) is 18.8 Å². The number of rotatable bonds is 3. The van der Waals surface area contributed by atoms with Gasteiger partial charge in [-0.2, -0.15) is 0 Å². The Morgan fingerprint density at radius 1 is 1.20 bits per heavy atom. The van der Waals surface area contributed by atoms with Crippen molar-refractivity contribution in [1.29, 1.82) is 0 Å². The molecule has 0 radical (unpaired) electrons. The van der Waals surface area contributed by atoms with Gasteiger partial charge in [0.05, 0.1) is 0 Å². The number of benzene rings is 1. The molecule has 3 heteroatoms. The van der Waals surface area contributed by atoms with E-state index in [-0.39, 0.29) is 0 Å². The van der Waals surface area contributed by atoms with Gasteiger partial charge in [-0.25, -0.2) is 0 Å². The fourth-order valence-electron chi connectivity index (χ4n) is 1.57. The summed E-state index contributed by atoms with van der Waals surface area (Å²) in [6.07, 6.45) is 2.64. The van der Waals surface area contributed by atoms with Crippen LogP contribution < -0.4 is 0 Å². The average Bonchev–Trinajstić information content (AvgIpc) is 2.69. The smallest absolute Gasteiger partial charge is 0.137 e. The van der Waals surface area contributed by atoms with E-state index >= 15 is 0 Å². The average molecular weight is 201 g/mol. The van der Waals surface area contributed by atoms with Crippen LogP contribution in [0.5, 0.6) is 0 Å². The molecule has 0 aliphatic carbocycles. The van der Waals surface area contributed by atoms with Crippen molar-refractivity contribution in [2.24, 2.45) is 0 Å². The molecule has 0 aliphatic rings. The lowest BCUT2D eigenvalue weighted by Crippen LogP contribution is -2.01. The van der Waals surface area contributed by atoms with E-state index in [4.69, 9.17) is 0 Å². The number of hydrogen-bond acceptors (Lipinski definition) is 2.